The zero-order chi connectivity index (χ0) is 24.3. The van der Waals surface area contributed by atoms with Crippen LogP contribution >= 0.6 is 15.9 Å². The number of carboxylic acid groups (broad SMARTS) is 1. The summed E-state index contributed by atoms with van der Waals surface area (Å²) < 4.78 is 40.0. The molecule has 0 saturated heterocycles. The topological polar surface area (TPSA) is 144 Å². The maximum absolute atomic E-state index is 10.6. The van der Waals surface area contributed by atoms with Crippen molar-refractivity contribution in [1.82, 2.24) is 34.9 Å². The molecule has 11 nitrogen and oxygen atoms in total. The average Bonchev–Trinajstić information content (AvgIpc) is 3.27. The summed E-state index contributed by atoms with van der Waals surface area (Å²) in [5.41, 5.74) is 3.89. The normalized spacial score (nSPS) is 11.4. The zero-order valence-corrected chi connectivity index (χ0v) is 19.1. The van der Waals surface area contributed by atoms with Crippen molar-refractivity contribution in [1.29, 1.82) is 0 Å². The number of hydrogen-bond donors (Lipinski definition) is 3. The van der Waals surface area contributed by atoms with Crippen LogP contribution in [0.25, 0.3) is 22.2 Å². The summed E-state index contributed by atoms with van der Waals surface area (Å²) in [4.78, 5) is 25.7. The molecular formula is C18H18BrF3N8O3. The van der Waals surface area contributed by atoms with Crippen molar-refractivity contribution >= 4 is 55.7 Å². The molecule has 0 aliphatic rings. The van der Waals surface area contributed by atoms with E-state index in [1.54, 1.807) is 17.9 Å². The van der Waals surface area contributed by atoms with E-state index in [9.17, 15) is 13.2 Å². The summed E-state index contributed by atoms with van der Waals surface area (Å²) in [6, 6.07) is 1.85. The molecule has 0 amide bonds. The van der Waals surface area contributed by atoms with Crippen LogP contribution in [0.1, 0.15) is 19.5 Å². The first-order valence-electron chi connectivity index (χ1n) is 9.48. The van der Waals surface area contributed by atoms with Crippen LogP contribution in [-0.2, 0) is 18.3 Å². The highest BCUT2D eigenvalue weighted by molar-refractivity contribution is 9.10. The number of hydrogen-bond acceptors (Lipinski definition) is 8. The Balaban J connectivity index is 0.000000383. The molecule has 0 atom stereocenters. The van der Waals surface area contributed by atoms with Crippen LogP contribution in [0.15, 0.2) is 16.7 Å². The average molecular weight is 531 g/mol. The number of aryl methyl sites for hydroxylation is 2. The van der Waals surface area contributed by atoms with Gasteiger partial charge in [0.1, 0.15) is 11.2 Å². The van der Waals surface area contributed by atoms with Crippen LogP contribution in [0.4, 0.5) is 24.8 Å². The number of aromatic amines is 1. The van der Waals surface area contributed by atoms with Gasteiger partial charge in [-0.2, -0.15) is 23.1 Å². The summed E-state index contributed by atoms with van der Waals surface area (Å²) in [6.07, 6.45) is -2.54. The highest BCUT2D eigenvalue weighted by atomic mass is 79.9. The Morgan fingerprint density at radius 1 is 1.33 bits per heavy atom. The van der Waals surface area contributed by atoms with Crippen LogP contribution < -0.4 is 10.1 Å². The second-order valence-corrected chi connectivity index (χ2v) is 7.28. The van der Waals surface area contributed by atoms with Gasteiger partial charge in [-0.1, -0.05) is 12.1 Å². The predicted octanol–water partition coefficient (Wildman–Crippen LogP) is 3.74. The molecule has 4 rings (SSSR count). The molecule has 0 unspecified atom stereocenters. The van der Waals surface area contributed by atoms with E-state index in [0.29, 0.717) is 35.2 Å². The summed E-state index contributed by atoms with van der Waals surface area (Å²) in [5.74, 6) is -1.81. The maximum atomic E-state index is 10.6. The molecule has 0 aliphatic heterocycles. The van der Waals surface area contributed by atoms with Crippen molar-refractivity contribution < 1.29 is 27.8 Å². The molecule has 33 heavy (non-hydrogen) atoms. The van der Waals surface area contributed by atoms with Crippen LogP contribution in [0, 0.1) is 0 Å². The standard InChI is InChI=1S/C16H17BrN8O.C2HF3O2/c1-4-9-12(17)11-13(20-9)21-16(22-15(11)26-5-2)19-8-6-10-14(18-7-8)25(3)24-23-10;3-2(4,5)1(6)7/h6-7H,4-5H2,1-3H3,(H2,19,20,21,22);(H,6,7). The number of anilines is 2. The zero-order valence-electron chi connectivity index (χ0n) is 17.5. The lowest BCUT2D eigenvalue weighted by atomic mass is 10.3. The van der Waals surface area contributed by atoms with E-state index in [4.69, 9.17) is 14.6 Å². The molecule has 0 spiro atoms. The maximum Gasteiger partial charge on any atom is 0.490 e. The number of pyridine rings is 1. The van der Waals surface area contributed by atoms with Crippen LogP contribution in [0.5, 0.6) is 5.88 Å². The van der Waals surface area contributed by atoms with Crippen molar-refractivity contribution in [2.24, 2.45) is 7.05 Å². The summed E-state index contributed by atoms with van der Waals surface area (Å²) in [5, 5.41) is 19.2. The van der Waals surface area contributed by atoms with E-state index >= 15 is 0 Å². The van der Waals surface area contributed by atoms with Crippen LogP contribution in [0.2, 0.25) is 0 Å². The van der Waals surface area contributed by atoms with E-state index in [0.717, 1.165) is 27.7 Å². The lowest BCUT2D eigenvalue weighted by molar-refractivity contribution is -0.192. The third kappa shape index (κ3) is 5.30. The van der Waals surface area contributed by atoms with Crippen molar-refractivity contribution in [3.05, 3.63) is 22.4 Å². The molecular weight excluding hydrogens is 513 g/mol. The number of nitrogens with zero attached hydrogens (tertiary/aromatic N) is 6. The number of carboxylic acids is 1. The van der Waals surface area contributed by atoms with Crippen LogP contribution in [-0.4, -0.2) is 58.8 Å². The lowest BCUT2D eigenvalue weighted by Crippen LogP contribution is -2.21. The first kappa shape index (κ1) is 24.2. The van der Waals surface area contributed by atoms with E-state index in [1.807, 2.05) is 13.0 Å². The third-order valence-corrected chi connectivity index (χ3v) is 5.08. The Bertz CT molecular complexity index is 1300. The van der Waals surface area contributed by atoms with Crippen molar-refractivity contribution in [3.8, 4) is 5.88 Å². The number of aromatic nitrogens is 7. The highest BCUT2D eigenvalue weighted by Gasteiger charge is 2.38. The minimum Gasteiger partial charge on any atom is -0.477 e. The minimum atomic E-state index is -5.08. The fourth-order valence-corrected chi connectivity index (χ4v) is 3.48. The van der Waals surface area contributed by atoms with Crippen molar-refractivity contribution in [2.45, 2.75) is 26.4 Å². The summed E-state index contributed by atoms with van der Waals surface area (Å²) >= 11 is 3.61. The predicted molar refractivity (Wildman–Crippen MR) is 115 cm³/mol. The first-order chi connectivity index (χ1) is 15.5. The van der Waals surface area contributed by atoms with Crippen molar-refractivity contribution in [3.63, 3.8) is 0 Å². The molecule has 0 aromatic carbocycles. The third-order valence-electron chi connectivity index (χ3n) is 4.20. The number of aliphatic carboxylic acids is 1. The van der Waals surface area contributed by atoms with E-state index in [-0.39, 0.29) is 0 Å². The monoisotopic (exact) mass is 530 g/mol. The number of fused-ring (bicyclic) bond motifs is 2. The molecule has 0 aliphatic carbocycles. The second kappa shape index (κ2) is 9.56. The van der Waals surface area contributed by atoms with Gasteiger partial charge in [0.15, 0.2) is 5.65 Å². The van der Waals surface area contributed by atoms with Gasteiger partial charge in [0.25, 0.3) is 0 Å². The Labute approximate surface area is 192 Å². The second-order valence-electron chi connectivity index (χ2n) is 6.49. The smallest absolute Gasteiger partial charge is 0.477 e. The number of nitrogens with one attached hydrogen (secondary N) is 2. The Morgan fingerprint density at radius 3 is 2.64 bits per heavy atom. The minimum absolute atomic E-state index is 0.419. The van der Waals surface area contributed by atoms with Gasteiger partial charge >= 0.3 is 12.1 Å². The van der Waals surface area contributed by atoms with Gasteiger partial charge in [-0.15, -0.1) is 5.10 Å². The fraction of sp³-hybridized carbons (Fsp3) is 0.333. The van der Waals surface area contributed by atoms with Gasteiger partial charge in [-0.05, 0) is 35.3 Å². The first-order valence-corrected chi connectivity index (χ1v) is 10.3. The van der Waals surface area contributed by atoms with Gasteiger partial charge in [0, 0.05) is 12.7 Å². The number of halogens is 4. The molecule has 3 N–H and O–H groups in total. The number of rotatable bonds is 5. The number of carbonyl (C=O) groups is 1. The molecule has 0 radical (unpaired) electrons. The quantitative estimate of drug-likeness (QED) is 0.351. The Hall–Kier alpha value is -3.49. The van der Waals surface area contributed by atoms with Crippen LogP contribution in [0.3, 0.4) is 0 Å². The lowest BCUT2D eigenvalue weighted by Gasteiger charge is -2.08. The molecule has 4 aromatic heterocycles. The van der Waals surface area contributed by atoms with Crippen molar-refractivity contribution in [2.75, 3.05) is 11.9 Å². The SMILES string of the molecule is CCOc1nc(Nc2cnc3c(c2)nnn3C)nc2[nH]c(CC)c(Br)c12.O=C(O)C(F)(F)F. The van der Waals surface area contributed by atoms with Gasteiger partial charge in [0.2, 0.25) is 11.8 Å². The highest BCUT2D eigenvalue weighted by Crippen LogP contribution is 2.34. The van der Waals surface area contributed by atoms with E-state index < -0.39 is 12.1 Å². The largest absolute Gasteiger partial charge is 0.490 e. The van der Waals surface area contributed by atoms with E-state index in [1.165, 1.54) is 0 Å². The molecule has 4 aromatic rings. The molecule has 0 fully saturated rings. The molecule has 15 heteroatoms. The Kier molecular flexibility index (Phi) is 7.00. The Morgan fingerprint density at radius 2 is 2.03 bits per heavy atom. The number of alkyl halides is 3. The molecule has 0 bridgehead atoms. The van der Waals surface area contributed by atoms with E-state index in [2.05, 4.69) is 58.4 Å². The summed E-state index contributed by atoms with van der Waals surface area (Å²) in [6.45, 7) is 4.51. The van der Waals surface area contributed by atoms with Gasteiger partial charge in [-0.3, -0.25) is 0 Å². The van der Waals surface area contributed by atoms with Gasteiger partial charge in [-0.25, -0.2) is 14.5 Å². The molecule has 4 heterocycles. The summed E-state index contributed by atoms with van der Waals surface area (Å²) in [7, 11) is 1.80. The molecule has 176 valence electrons. The molecule has 0 saturated carbocycles. The number of H-pyrrole nitrogens is 1. The fourth-order valence-electron chi connectivity index (χ4n) is 2.74. The number of ether oxygens (including phenoxy) is 1. The van der Waals surface area contributed by atoms with Gasteiger partial charge in [0.05, 0.1) is 28.4 Å². The van der Waals surface area contributed by atoms with Gasteiger partial charge < -0.3 is 20.1 Å².